The number of amides is 1. The van der Waals surface area contributed by atoms with E-state index >= 15 is 0 Å². The monoisotopic (exact) mass is 487 g/mol. The summed E-state index contributed by atoms with van der Waals surface area (Å²) in [6.45, 7) is 15.4. The SMILES string of the molecule is CCNCCN(C(=O)O/N=C(\C)[C@H]1CC[C@H]2[C@@H]3CCC4=C[C@@H](O)CC[C@]4(C)[C@H]3CC[C@]12C)C(C)C. The number of oxime groups is 1. The van der Waals surface area contributed by atoms with Gasteiger partial charge in [0.1, 0.15) is 0 Å². The van der Waals surface area contributed by atoms with Gasteiger partial charge in [0, 0.05) is 25.0 Å². The van der Waals surface area contributed by atoms with Gasteiger partial charge in [0.15, 0.2) is 0 Å². The number of nitrogens with zero attached hydrogens (tertiary/aromatic N) is 2. The molecule has 0 bridgehead atoms. The van der Waals surface area contributed by atoms with E-state index in [9.17, 15) is 9.90 Å². The first kappa shape index (κ1) is 26.7. The first-order chi connectivity index (χ1) is 16.6. The lowest BCUT2D eigenvalue weighted by molar-refractivity contribution is -0.0479. The Morgan fingerprint density at radius 2 is 1.97 bits per heavy atom. The van der Waals surface area contributed by atoms with E-state index in [1.54, 1.807) is 4.90 Å². The van der Waals surface area contributed by atoms with Gasteiger partial charge in [0.25, 0.3) is 0 Å². The topological polar surface area (TPSA) is 74.2 Å². The van der Waals surface area contributed by atoms with E-state index in [-0.39, 0.29) is 29.1 Å². The molecule has 4 aliphatic carbocycles. The maximum Gasteiger partial charge on any atom is 0.436 e. The minimum absolute atomic E-state index is 0.0767. The number of carbonyl (C=O) groups excluding carboxylic acids is 1. The third kappa shape index (κ3) is 4.94. The van der Waals surface area contributed by atoms with E-state index in [2.05, 4.69) is 44.2 Å². The van der Waals surface area contributed by atoms with E-state index in [0.717, 1.165) is 56.3 Å². The number of hydrogen-bond acceptors (Lipinski definition) is 5. The second-order valence-electron chi connectivity index (χ2n) is 12.5. The molecule has 0 radical (unpaired) electrons. The molecule has 4 rings (SSSR count). The highest BCUT2D eigenvalue weighted by Gasteiger charge is 2.59. The largest absolute Gasteiger partial charge is 0.436 e. The summed E-state index contributed by atoms with van der Waals surface area (Å²) in [5.74, 6) is 2.59. The molecule has 6 nitrogen and oxygen atoms in total. The Kier molecular flexibility index (Phi) is 8.02. The van der Waals surface area contributed by atoms with Crippen LogP contribution in [0.5, 0.6) is 0 Å². The van der Waals surface area contributed by atoms with Gasteiger partial charge >= 0.3 is 6.09 Å². The van der Waals surface area contributed by atoms with E-state index in [1.807, 2.05) is 13.8 Å². The van der Waals surface area contributed by atoms with Crippen LogP contribution in [0.3, 0.4) is 0 Å². The molecule has 2 N–H and O–H groups in total. The zero-order valence-corrected chi connectivity index (χ0v) is 23.0. The molecule has 3 fully saturated rings. The van der Waals surface area contributed by atoms with Crippen molar-refractivity contribution >= 4 is 11.8 Å². The van der Waals surface area contributed by atoms with Crippen molar-refractivity contribution in [1.82, 2.24) is 10.2 Å². The van der Waals surface area contributed by atoms with Crippen molar-refractivity contribution in [2.24, 2.45) is 39.7 Å². The number of carbonyl (C=O) groups is 1. The average molecular weight is 488 g/mol. The van der Waals surface area contributed by atoms with Crippen LogP contribution >= 0.6 is 0 Å². The normalized spacial score (nSPS) is 38.9. The summed E-state index contributed by atoms with van der Waals surface area (Å²) in [5.41, 5.74) is 3.02. The Balaban J connectivity index is 1.44. The minimum atomic E-state index is -0.348. The fourth-order valence-electron chi connectivity index (χ4n) is 8.56. The predicted molar refractivity (Wildman–Crippen MR) is 141 cm³/mol. The molecule has 0 spiro atoms. The van der Waals surface area contributed by atoms with Gasteiger partial charge in [-0.05, 0) is 107 Å². The molecule has 35 heavy (non-hydrogen) atoms. The predicted octanol–water partition coefficient (Wildman–Crippen LogP) is 5.76. The highest BCUT2D eigenvalue weighted by atomic mass is 16.7. The van der Waals surface area contributed by atoms with Crippen LogP contribution in [-0.4, -0.2) is 53.6 Å². The highest BCUT2D eigenvalue weighted by molar-refractivity contribution is 5.85. The van der Waals surface area contributed by atoms with E-state index in [0.29, 0.717) is 18.4 Å². The molecular weight excluding hydrogens is 438 g/mol. The quantitative estimate of drug-likeness (QED) is 0.157. The summed E-state index contributed by atoms with van der Waals surface area (Å²) in [7, 11) is 0. The van der Waals surface area contributed by atoms with Gasteiger partial charge in [0.2, 0.25) is 0 Å². The lowest BCUT2D eigenvalue weighted by Gasteiger charge is -2.58. The van der Waals surface area contributed by atoms with Gasteiger partial charge in [-0.15, -0.1) is 0 Å². The van der Waals surface area contributed by atoms with Crippen LogP contribution in [0.15, 0.2) is 16.8 Å². The lowest BCUT2D eigenvalue weighted by atomic mass is 9.46. The second-order valence-corrected chi connectivity index (χ2v) is 12.5. The number of aliphatic hydroxyl groups excluding tert-OH is 1. The molecule has 7 atom stereocenters. The first-order valence-electron chi connectivity index (χ1n) is 14.2. The number of allylic oxidation sites excluding steroid dienone is 1. The lowest BCUT2D eigenvalue weighted by Crippen LogP contribution is -2.51. The molecule has 198 valence electrons. The summed E-state index contributed by atoms with van der Waals surface area (Å²) in [6, 6.07) is 0.0767. The second kappa shape index (κ2) is 10.5. The van der Waals surface area contributed by atoms with Crippen molar-refractivity contribution < 1.29 is 14.7 Å². The smallest absolute Gasteiger partial charge is 0.389 e. The van der Waals surface area contributed by atoms with Crippen molar-refractivity contribution in [3.63, 3.8) is 0 Å². The van der Waals surface area contributed by atoms with Gasteiger partial charge in [-0.2, -0.15) is 0 Å². The third-order valence-corrected chi connectivity index (χ3v) is 10.5. The average Bonchev–Trinajstić information content (AvgIpc) is 3.17. The zero-order chi connectivity index (χ0) is 25.4. The molecule has 0 saturated heterocycles. The van der Waals surface area contributed by atoms with Crippen molar-refractivity contribution in [1.29, 1.82) is 0 Å². The van der Waals surface area contributed by atoms with E-state index < -0.39 is 0 Å². The standard InChI is InChI=1S/C29H49N3O3/c1-7-30-16-17-32(19(2)3)27(34)35-31-20(4)24-10-11-25-23-9-8-21-18-22(33)12-14-28(21,5)26(23)13-15-29(24,25)6/h18-19,22-26,30,33H,7-17H2,1-6H3/b31-20+/t22-,23-,24+,25-,26-,28-,29+/m0/s1. The number of aliphatic hydroxyl groups is 1. The number of rotatable bonds is 7. The molecule has 0 aromatic heterocycles. The zero-order valence-electron chi connectivity index (χ0n) is 23.0. The molecule has 0 aromatic carbocycles. The molecule has 0 unspecified atom stereocenters. The maximum atomic E-state index is 12.8. The van der Waals surface area contributed by atoms with E-state index in [4.69, 9.17) is 4.84 Å². The first-order valence-corrected chi connectivity index (χ1v) is 14.2. The van der Waals surface area contributed by atoms with Crippen molar-refractivity contribution in [3.05, 3.63) is 11.6 Å². The van der Waals surface area contributed by atoms with Crippen molar-refractivity contribution in [3.8, 4) is 0 Å². The molecule has 0 aliphatic heterocycles. The molecular formula is C29H49N3O3. The van der Waals surface area contributed by atoms with Crippen LogP contribution in [-0.2, 0) is 4.84 Å². The number of nitrogens with one attached hydrogen (secondary N) is 1. The van der Waals surface area contributed by atoms with Gasteiger partial charge in [-0.3, -0.25) is 4.84 Å². The fraction of sp³-hybridized carbons (Fsp3) is 0.862. The maximum absolute atomic E-state index is 12.8. The summed E-state index contributed by atoms with van der Waals surface area (Å²) in [6.07, 6.45) is 10.9. The molecule has 0 heterocycles. The highest BCUT2D eigenvalue weighted by Crippen LogP contribution is 2.66. The van der Waals surface area contributed by atoms with Crippen LogP contribution in [0.1, 0.15) is 92.9 Å². The Morgan fingerprint density at radius 3 is 2.69 bits per heavy atom. The third-order valence-electron chi connectivity index (χ3n) is 10.5. The Hall–Kier alpha value is -1.40. The molecule has 0 aromatic rings. The number of hydrogen-bond donors (Lipinski definition) is 2. The number of fused-ring (bicyclic) bond motifs is 5. The van der Waals surface area contributed by atoms with Crippen LogP contribution < -0.4 is 5.32 Å². The molecule has 6 heteroatoms. The fourth-order valence-corrected chi connectivity index (χ4v) is 8.56. The summed E-state index contributed by atoms with van der Waals surface area (Å²) in [4.78, 5) is 20.1. The van der Waals surface area contributed by atoms with Gasteiger partial charge < -0.3 is 15.3 Å². The summed E-state index contributed by atoms with van der Waals surface area (Å²) < 4.78 is 0. The summed E-state index contributed by atoms with van der Waals surface area (Å²) >= 11 is 0. The van der Waals surface area contributed by atoms with Crippen LogP contribution in [0, 0.1) is 34.5 Å². The van der Waals surface area contributed by atoms with Gasteiger partial charge in [-0.1, -0.05) is 37.6 Å². The minimum Gasteiger partial charge on any atom is -0.389 e. The van der Waals surface area contributed by atoms with Crippen molar-refractivity contribution in [2.45, 2.75) is 105 Å². The van der Waals surface area contributed by atoms with E-state index in [1.165, 1.54) is 31.3 Å². The van der Waals surface area contributed by atoms with Gasteiger partial charge in [-0.25, -0.2) is 4.79 Å². The van der Waals surface area contributed by atoms with Crippen LogP contribution in [0.4, 0.5) is 4.79 Å². The van der Waals surface area contributed by atoms with Crippen LogP contribution in [0.25, 0.3) is 0 Å². The summed E-state index contributed by atoms with van der Waals surface area (Å²) in [5, 5.41) is 17.9. The molecule has 1 amide bonds. The number of likely N-dealkylation sites (N-methyl/N-ethyl adjacent to an activating group) is 1. The Labute approximate surface area is 212 Å². The van der Waals surface area contributed by atoms with Crippen LogP contribution in [0.2, 0.25) is 0 Å². The Morgan fingerprint density at radius 1 is 1.20 bits per heavy atom. The molecule has 3 saturated carbocycles. The van der Waals surface area contributed by atoms with Gasteiger partial charge in [0.05, 0.1) is 11.8 Å². The molecule has 4 aliphatic rings. The van der Waals surface area contributed by atoms with Crippen molar-refractivity contribution in [2.75, 3.05) is 19.6 Å². The Bertz CT molecular complexity index is 839.